The third-order valence-corrected chi connectivity index (χ3v) is 5.78. The number of amides is 1. The number of benzene rings is 1. The van der Waals surface area contributed by atoms with Crippen molar-refractivity contribution in [1.29, 1.82) is 0 Å². The van der Waals surface area contributed by atoms with Gasteiger partial charge in [-0.2, -0.15) is 0 Å². The van der Waals surface area contributed by atoms with Gasteiger partial charge in [0.25, 0.3) is 5.91 Å². The van der Waals surface area contributed by atoms with E-state index in [1.54, 1.807) is 12.1 Å². The monoisotopic (exact) mass is 457 g/mol. The molecule has 0 radical (unpaired) electrons. The first-order valence-electron chi connectivity index (χ1n) is 10.9. The Morgan fingerprint density at radius 3 is 2.85 bits per heavy atom. The fourth-order valence-corrected chi connectivity index (χ4v) is 3.74. The van der Waals surface area contributed by atoms with Gasteiger partial charge in [0.2, 0.25) is 0 Å². The SMILES string of the molecule is CC(C)(O)[C@H](F)CNC(=O)c1cnc(Nc2ccc3ncoc3c2)cc1N[C@@H]1CCC[C@H]1O. The number of oxazole rings is 1. The molecule has 0 spiro atoms. The van der Waals surface area contributed by atoms with Gasteiger partial charge in [0, 0.05) is 24.0 Å². The summed E-state index contributed by atoms with van der Waals surface area (Å²) < 4.78 is 19.4. The molecular formula is C23H28FN5O4. The molecule has 0 unspecified atom stereocenters. The topological polar surface area (TPSA) is 133 Å². The molecular weight excluding hydrogens is 429 g/mol. The first-order chi connectivity index (χ1) is 15.7. The van der Waals surface area contributed by atoms with E-state index in [0.717, 1.165) is 24.0 Å². The van der Waals surface area contributed by atoms with Gasteiger partial charge in [-0.05, 0) is 45.2 Å². The summed E-state index contributed by atoms with van der Waals surface area (Å²) >= 11 is 0. The zero-order valence-electron chi connectivity index (χ0n) is 18.5. The highest BCUT2D eigenvalue weighted by molar-refractivity contribution is 6.00. The number of carbonyl (C=O) groups excluding carboxylic acids is 1. The van der Waals surface area contributed by atoms with Crippen LogP contribution in [0.5, 0.6) is 0 Å². The predicted molar refractivity (Wildman–Crippen MR) is 122 cm³/mol. The first kappa shape index (κ1) is 22.9. The molecule has 1 aliphatic rings. The number of nitrogens with one attached hydrogen (secondary N) is 3. The average molecular weight is 458 g/mol. The van der Waals surface area contributed by atoms with E-state index >= 15 is 0 Å². The zero-order valence-corrected chi connectivity index (χ0v) is 18.5. The van der Waals surface area contributed by atoms with Gasteiger partial charge in [-0.3, -0.25) is 4.79 Å². The molecule has 1 saturated carbocycles. The van der Waals surface area contributed by atoms with Crippen LogP contribution in [0, 0.1) is 0 Å². The minimum Gasteiger partial charge on any atom is -0.443 e. The minimum atomic E-state index is -1.63. The van der Waals surface area contributed by atoms with E-state index in [1.807, 2.05) is 12.1 Å². The number of rotatable bonds is 8. The number of halogens is 1. The minimum absolute atomic E-state index is 0.206. The van der Waals surface area contributed by atoms with E-state index in [-0.39, 0.29) is 18.2 Å². The molecule has 1 aromatic carbocycles. The molecule has 3 aromatic rings. The Hall–Kier alpha value is -3.24. The number of fused-ring (bicyclic) bond motifs is 1. The molecule has 3 atom stereocenters. The van der Waals surface area contributed by atoms with Crippen molar-refractivity contribution in [3.63, 3.8) is 0 Å². The van der Waals surface area contributed by atoms with Crippen LogP contribution in [0.4, 0.5) is 21.6 Å². The van der Waals surface area contributed by atoms with Gasteiger partial charge >= 0.3 is 0 Å². The number of aliphatic hydroxyl groups is 2. The molecule has 176 valence electrons. The standard InChI is InChI=1S/C23H28FN5O4/c1-23(2,32)20(24)11-26-22(31)14-10-25-21(9-17(14)29-15-4-3-5-18(15)30)28-13-6-7-16-19(8-13)33-12-27-16/h6-10,12,15,18,20,30,32H,3-5,11H2,1-2H3,(H,26,31)(H2,25,28,29)/t15-,18-,20-/m1/s1. The summed E-state index contributed by atoms with van der Waals surface area (Å²) in [4.78, 5) is 21.2. The van der Waals surface area contributed by atoms with Gasteiger partial charge < -0.3 is 30.6 Å². The van der Waals surface area contributed by atoms with E-state index in [4.69, 9.17) is 4.42 Å². The second-order valence-electron chi connectivity index (χ2n) is 8.86. The zero-order chi connectivity index (χ0) is 23.6. The molecule has 1 fully saturated rings. The highest BCUT2D eigenvalue weighted by Gasteiger charge is 2.29. The van der Waals surface area contributed by atoms with Crippen LogP contribution < -0.4 is 16.0 Å². The maximum Gasteiger partial charge on any atom is 0.255 e. The summed E-state index contributed by atoms with van der Waals surface area (Å²) in [6.07, 6.45) is 2.94. The van der Waals surface area contributed by atoms with Gasteiger partial charge in [-0.1, -0.05) is 0 Å². The Morgan fingerprint density at radius 1 is 1.30 bits per heavy atom. The van der Waals surface area contributed by atoms with Gasteiger partial charge in [-0.15, -0.1) is 0 Å². The maximum absolute atomic E-state index is 14.1. The maximum atomic E-state index is 14.1. The quantitative estimate of drug-likeness (QED) is 0.349. The van der Waals surface area contributed by atoms with Crippen molar-refractivity contribution in [3.8, 4) is 0 Å². The van der Waals surface area contributed by atoms with Gasteiger partial charge in [-0.25, -0.2) is 14.4 Å². The number of hydrogen-bond acceptors (Lipinski definition) is 8. The first-order valence-corrected chi connectivity index (χ1v) is 10.9. The van der Waals surface area contributed by atoms with Crippen molar-refractivity contribution in [2.45, 2.75) is 57.0 Å². The lowest BCUT2D eigenvalue weighted by molar-refractivity contribution is -0.00177. The molecule has 4 rings (SSSR count). The highest BCUT2D eigenvalue weighted by atomic mass is 19.1. The van der Waals surface area contributed by atoms with E-state index in [2.05, 4.69) is 25.9 Å². The van der Waals surface area contributed by atoms with E-state index in [0.29, 0.717) is 23.5 Å². The van der Waals surface area contributed by atoms with Gasteiger partial charge in [0.1, 0.15) is 17.5 Å². The van der Waals surface area contributed by atoms with Crippen molar-refractivity contribution >= 4 is 34.2 Å². The predicted octanol–water partition coefficient (Wildman–Crippen LogP) is 3.13. The molecule has 1 amide bonds. The lowest BCUT2D eigenvalue weighted by Gasteiger charge is -2.23. The molecule has 0 bridgehead atoms. The Kier molecular flexibility index (Phi) is 6.48. The Balaban J connectivity index is 1.56. The third kappa shape index (κ3) is 5.40. The fraction of sp³-hybridized carbons (Fsp3) is 0.435. The van der Waals surface area contributed by atoms with Crippen LogP contribution >= 0.6 is 0 Å². The molecule has 0 aliphatic heterocycles. The van der Waals surface area contributed by atoms with Crippen LogP contribution in [-0.4, -0.2) is 56.6 Å². The molecule has 33 heavy (non-hydrogen) atoms. The third-order valence-electron chi connectivity index (χ3n) is 5.78. The smallest absolute Gasteiger partial charge is 0.255 e. The van der Waals surface area contributed by atoms with E-state index in [1.165, 1.54) is 26.4 Å². The van der Waals surface area contributed by atoms with Crippen LogP contribution in [0.15, 0.2) is 41.3 Å². The number of anilines is 3. The molecule has 2 heterocycles. The number of alkyl halides is 1. The summed E-state index contributed by atoms with van der Waals surface area (Å²) in [6.45, 7) is 2.35. The number of nitrogens with zero attached hydrogens (tertiary/aromatic N) is 2. The van der Waals surface area contributed by atoms with Crippen molar-refractivity contribution < 1.29 is 23.8 Å². The summed E-state index contributed by atoms with van der Waals surface area (Å²) in [5.41, 5.74) is 1.19. The molecule has 1 aliphatic carbocycles. The number of aromatic nitrogens is 2. The van der Waals surface area contributed by atoms with E-state index < -0.39 is 23.8 Å². The summed E-state index contributed by atoms with van der Waals surface area (Å²) in [6, 6.07) is 6.90. The van der Waals surface area contributed by atoms with Crippen molar-refractivity contribution in [1.82, 2.24) is 15.3 Å². The lowest BCUT2D eigenvalue weighted by Crippen LogP contribution is -2.42. The number of carbonyl (C=O) groups is 1. The molecule has 5 N–H and O–H groups in total. The highest BCUT2D eigenvalue weighted by Crippen LogP contribution is 2.28. The Morgan fingerprint density at radius 2 is 2.12 bits per heavy atom. The van der Waals surface area contributed by atoms with Crippen LogP contribution in [-0.2, 0) is 0 Å². The number of hydrogen-bond donors (Lipinski definition) is 5. The number of pyridine rings is 1. The second kappa shape index (κ2) is 9.32. The second-order valence-corrected chi connectivity index (χ2v) is 8.86. The molecule has 2 aromatic heterocycles. The summed E-state index contributed by atoms with van der Waals surface area (Å²) in [5.74, 6) is -0.0562. The van der Waals surface area contributed by atoms with Crippen LogP contribution in [0.25, 0.3) is 11.1 Å². The Labute approximate surface area is 190 Å². The largest absolute Gasteiger partial charge is 0.443 e. The lowest BCUT2D eigenvalue weighted by atomic mass is 10.0. The average Bonchev–Trinajstić information content (AvgIpc) is 3.39. The van der Waals surface area contributed by atoms with Crippen molar-refractivity contribution in [2.75, 3.05) is 17.2 Å². The summed E-state index contributed by atoms with van der Waals surface area (Å²) in [7, 11) is 0. The van der Waals surface area contributed by atoms with Crippen molar-refractivity contribution in [2.24, 2.45) is 0 Å². The normalized spacial score (nSPS) is 19.4. The summed E-state index contributed by atoms with van der Waals surface area (Å²) in [5, 5.41) is 28.9. The molecule has 0 saturated heterocycles. The fourth-order valence-electron chi connectivity index (χ4n) is 3.74. The van der Waals surface area contributed by atoms with Crippen LogP contribution in [0.2, 0.25) is 0 Å². The van der Waals surface area contributed by atoms with Gasteiger partial charge in [0.05, 0.1) is 35.5 Å². The van der Waals surface area contributed by atoms with Crippen LogP contribution in [0.3, 0.4) is 0 Å². The van der Waals surface area contributed by atoms with Gasteiger partial charge in [0.15, 0.2) is 12.0 Å². The number of aliphatic hydroxyl groups excluding tert-OH is 1. The molecule has 9 nitrogen and oxygen atoms in total. The molecule has 10 heteroatoms. The Bertz CT molecular complexity index is 1130. The van der Waals surface area contributed by atoms with Crippen molar-refractivity contribution in [3.05, 3.63) is 42.4 Å². The van der Waals surface area contributed by atoms with E-state index in [9.17, 15) is 19.4 Å². The van der Waals surface area contributed by atoms with Crippen LogP contribution in [0.1, 0.15) is 43.5 Å².